The molecule has 0 bridgehead atoms. The minimum absolute atomic E-state index is 0.00901. The molecule has 0 saturated carbocycles. The van der Waals surface area contributed by atoms with Crippen molar-refractivity contribution < 1.29 is 0 Å². The fourth-order valence-electron chi connectivity index (χ4n) is 12.5. The van der Waals surface area contributed by atoms with E-state index in [9.17, 15) is 0 Å². The lowest BCUT2D eigenvalue weighted by molar-refractivity contribution is 0.587. The van der Waals surface area contributed by atoms with Crippen LogP contribution >= 0.6 is 0 Å². The van der Waals surface area contributed by atoms with Gasteiger partial charge in [-0.3, -0.25) is 0 Å². The Labute approximate surface area is 471 Å². The monoisotopic (exact) mass is 1020 g/mol. The van der Waals surface area contributed by atoms with Crippen molar-refractivity contribution in [3.05, 3.63) is 247 Å². The van der Waals surface area contributed by atoms with Crippen LogP contribution in [0.5, 0.6) is 0 Å². The molecule has 0 radical (unpaired) electrons. The van der Waals surface area contributed by atoms with Crippen molar-refractivity contribution in [2.24, 2.45) is 0 Å². The number of nitrogens with zero attached hydrogens (tertiary/aromatic N) is 2. The quantitative estimate of drug-likeness (QED) is 0.106. The molecule has 3 heteroatoms. The van der Waals surface area contributed by atoms with Crippen molar-refractivity contribution in [1.82, 2.24) is 0 Å². The Hall–Kier alpha value is -8.14. The molecule has 0 amide bonds. The Morgan fingerprint density at radius 2 is 0.684 bits per heavy atom. The third kappa shape index (κ3) is 9.73. The molecule has 0 saturated heterocycles. The van der Waals surface area contributed by atoms with E-state index in [0.29, 0.717) is 0 Å². The van der Waals surface area contributed by atoms with Crippen LogP contribution in [0, 0.1) is 0 Å². The standard InChI is InChI=1S/C76H73BN2/c1-9-11-28-59-44-62(75(3,4)5)45-60(29-12-10-2)73(59)78-68-42-40-57(52-30-18-13-19-31-52)48-66(68)77-67-49-58(53-32-20-14-21-33-53)41-43-69(67)79(71-51-63(76(6,7)8)50-70(78)72(71)77)74-64(55-36-24-16-25-37-55)46-61(54-34-22-15-23-35-54)47-65(74)56-38-26-17-27-39-56/h13-27,30-51H,9-12,28-29H2,1-8H3. The van der Waals surface area contributed by atoms with Crippen LogP contribution in [0.3, 0.4) is 0 Å². The number of anilines is 6. The number of aryl methyl sites for hydroxylation is 2. The third-order valence-electron chi connectivity index (χ3n) is 16.7. The van der Waals surface area contributed by atoms with Crippen molar-refractivity contribution in [2.45, 2.75) is 105 Å². The predicted molar refractivity (Wildman–Crippen MR) is 342 cm³/mol. The Morgan fingerprint density at radius 3 is 1.06 bits per heavy atom. The molecule has 12 rings (SSSR count). The lowest BCUT2D eigenvalue weighted by Gasteiger charge is -2.47. The van der Waals surface area contributed by atoms with E-state index >= 15 is 0 Å². The fraction of sp³-hybridized carbons (Fsp3) is 0.211. The molecule has 2 aliphatic rings. The van der Waals surface area contributed by atoms with Crippen LogP contribution in [0.15, 0.2) is 224 Å². The van der Waals surface area contributed by atoms with Crippen LogP contribution in [0.1, 0.15) is 103 Å². The molecule has 10 aromatic carbocycles. The highest BCUT2D eigenvalue weighted by atomic mass is 15.2. The smallest absolute Gasteiger partial charge is 0.252 e. The van der Waals surface area contributed by atoms with E-state index in [1.807, 2.05) is 0 Å². The van der Waals surface area contributed by atoms with Gasteiger partial charge in [0.15, 0.2) is 0 Å². The van der Waals surface area contributed by atoms with Gasteiger partial charge in [-0.15, -0.1) is 0 Å². The first-order valence-corrected chi connectivity index (χ1v) is 29.1. The summed E-state index contributed by atoms with van der Waals surface area (Å²) < 4.78 is 0. The Bertz CT molecular complexity index is 3720. The summed E-state index contributed by atoms with van der Waals surface area (Å²) in [6, 6.07) is 85.3. The SMILES string of the molecule is CCCCc1cc(C(C)(C)C)cc(CCCC)c1N1c2ccc(-c3ccccc3)cc2B2c3cc(-c4ccccc4)ccc3N(c3c(-c4ccccc4)cc(-c4ccccc4)cc3-c3ccccc3)c3cc(C(C)(C)C)cc1c32. The molecule has 2 nitrogen and oxygen atoms in total. The lowest BCUT2D eigenvalue weighted by Crippen LogP contribution is -2.61. The zero-order valence-electron chi connectivity index (χ0n) is 47.6. The van der Waals surface area contributed by atoms with Gasteiger partial charge in [0.1, 0.15) is 0 Å². The number of fused-ring (bicyclic) bond motifs is 4. The summed E-state index contributed by atoms with van der Waals surface area (Å²) in [7, 11) is 0. The van der Waals surface area contributed by atoms with E-state index in [-0.39, 0.29) is 17.5 Å². The largest absolute Gasteiger partial charge is 0.311 e. The van der Waals surface area contributed by atoms with Crippen molar-refractivity contribution in [1.29, 1.82) is 0 Å². The average Bonchev–Trinajstić information content (AvgIpc) is 3.62. The van der Waals surface area contributed by atoms with E-state index in [4.69, 9.17) is 0 Å². The Balaban J connectivity index is 1.27. The summed E-state index contributed by atoms with van der Waals surface area (Å²) in [4.78, 5) is 5.48. The lowest BCUT2D eigenvalue weighted by atomic mass is 9.33. The summed E-state index contributed by atoms with van der Waals surface area (Å²) in [5.41, 5.74) is 28.9. The minimum atomic E-state index is -0.193. The minimum Gasteiger partial charge on any atom is -0.311 e. The van der Waals surface area contributed by atoms with Gasteiger partial charge in [-0.05, 0) is 156 Å². The molecule has 0 atom stereocenters. The molecule has 0 aromatic heterocycles. The van der Waals surface area contributed by atoms with Crippen LogP contribution in [0.4, 0.5) is 34.1 Å². The second-order valence-electron chi connectivity index (χ2n) is 24.2. The van der Waals surface area contributed by atoms with E-state index in [1.54, 1.807) is 0 Å². The summed E-state index contributed by atoms with van der Waals surface area (Å²) in [5.74, 6) is 0. The summed E-state index contributed by atoms with van der Waals surface area (Å²) >= 11 is 0. The number of rotatable bonds is 13. The average molecular weight is 1030 g/mol. The highest BCUT2D eigenvalue weighted by Crippen LogP contribution is 2.53. The summed E-state index contributed by atoms with van der Waals surface area (Å²) in [5, 5.41) is 0. The summed E-state index contributed by atoms with van der Waals surface area (Å²) in [6.07, 6.45) is 6.52. The van der Waals surface area contributed by atoms with E-state index in [0.717, 1.165) is 38.5 Å². The fourth-order valence-corrected chi connectivity index (χ4v) is 12.5. The first-order chi connectivity index (χ1) is 38.4. The Morgan fingerprint density at radius 1 is 0.329 bits per heavy atom. The number of hydrogen-bond acceptors (Lipinski definition) is 2. The second-order valence-corrected chi connectivity index (χ2v) is 24.2. The maximum absolute atomic E-state index is 2.77. The van der Waals surface area contributed by atoms with Gasteiger partial charge in [-0.25, -0.2) is 0 Å². The van der Waals surface area contributed by atoms with Crippen LogP contribution in [0.25, 0.3) is 55.6 Å². The number of benzene rings is 10. The maximum Gasteiger partial charge on any atom is 0.252 e. The zero-order valence-corrected chi connectivity index (χ0v) is 47.6. The van der Waals surface area contributed by atoms with E-state index < -0.39 is 0 Å². The van der Waals surface area contributed by atoms with Gasteiger partial charge in [0.05, 0.1) is 11.4 Å². The third-order valence-corrected chi connectivity index (χ3v) is 16.7. The molecule has 0 N–H and O–H groups in total. The van der Waals surface area contributed by atoms with Crippen molar-refractivity contribution >= 4 is 57.2 Å². The van der Waals surface area contributed by atoms with Crippen LogP contribution < -0.4 is 26.2 Å². The van der Waals surface area contributed by atoms with Crippen molar-refractivity contribution in [3.63, 3.8) is 0 Å². The molecule has 390 valence electrons. The molecule has 0 aliphatic carbocycles. The molecule has 10 aromatic rings. The van der Waals surface area contributed by atoms with E-state index in [2.05, 4.69) is 290 Å². The summed E-state index contributed by atoms with van der Waals surface area (Å²) in [6.45, 7) is 19.0. The van der Waals surface area contributed by atoms with Gasteiger partial charge >= 0.3 is 0 Å². The second kappa shape index (κ2) is 21.3. The highest BCUT2D eigenvalue weighted by Gasteiger charge is 2.46. The van der Waals surface area contributed by atoms with E-state index in [1.165, 1.54) is 128 Å². The molecule has 0 spiro atoms. The molecule has 2 aliphatic heterocycles. The molecular formula is C76H73BN2. The van der Waals surface area contributed by atoms with Gasteiger partial charge in [-0.1, -0.05) is 256 Å². The van der Waals surface area contributed by atoms with Crippen molar-refractivity contribution in [2.75, 3.05) is 9.80 Å². The Kier molecular flexibility index (Phi) is 13.9. The first-order valence-electron chi connectivity index (χ1n) is 29.1. The molecule has 0 fully saturated rings. The topological polar surface area (TPSA) is 6.48 Å². The first kappa shape index (κ1) is 51.6. The number of hydrogen-bond donors (Lipinski definition) is 0. The molecule has 2 heterocycles. The van der Waals surface area contributed by atoms with Crippen molar-refractivity contribution in [3.8, 4) is 55.6 Å². The van der Waals surface area contributed by atoms with Gasteiger partial charge in [0, 0.05) is 33.9 Å². The normalized spacial score (nSPS) is 12.8. The molecule has 79 heavy (non-hydrogen) atoms. The van der Waals surface area contributed by atoms with Crippen LogP contribution in [0.2, 0.25) is 0 Å². The predicted octanol–water partition coefficient (Wildman–Crippen LogP) is 19.4. The molecular weight excluding hydrogens is 952 g/mol. The van der Waals surface area contributed by atoms with Gasteiger partial charge in [0.2, 0.25) is 0 Å². The van der Waals surface area contributed by atoms with Gasteiger partial charge < -0.3 is 9.80 Å². The molecule has 0 unspecified atom stereocenters. The maximum atomic E-state index is 2.77. The zero-order chi connectivity index (χ0) is 54.4. The highest BCUT2D eigenvalue weighted by molar-refractivity contribution is 7.00. The number of unbranched alkanes of at least 4 members (excludes halogenated alkanes) is 2. The van der Waals surface area contributed by atoms with Gasteiger partial charge in [-0.2, -0.15) is 0 Å². The van der Waals surface area contributed by atoms with Crippen LogP contribution in [-0.2, 0) is 23.7 Å². The van der Waals surface area contributed by atoms with Gasteiger partial charge in [0.25, 0.3) is 6.71 Å². The van der Waals surface area contributed by atoms with Crippen LogP contribution in [-0.4, -0.2) is 6.71 Å².